The highest BCUT2D eigenvalue weighted by Gasteiger charge is 2.15. The van der Waals surface area contributed by atoms with Gasteiger partial charge in [0, 0.05) is 13.2 Å². The van der Waals surface area contributed by atoms with Crippen molar-refractivity contribution in [3.8, 4) is 0 Å². The lowest BCUT2D eigenvalue weighted by molar-refractivity contribution is -0.136. The molecule has 1 rings (SSSR count). The Morgan fingerprint density at radius 2 is 2.00 bits per heavy atom. The zero-order valence-electron chi connectivity index (χ0n) is 10.6. The molecule has 5 nitrogen and oxygen atoms in total. The molecule has 1 atom stereocenters. The van der Waals surface area contributed by atoms with Crippen LogP contribution in [0.1, 0.15) is 13.3 Å². The minimum absolute atomic E-state index is 0.0263. The summed E-state index contributed by atoms with van der Waals surface area (Å²) in [5, 5.41) is 13.3. The summed E-state index contributed by atoms with van der Waals surface area (Å²) in [5.41, 5.74) is -0.0361. The van der Waals surface area contributed by atoms with Crippen LogP contribution in [0.2, 0.25) is 0 Å². The third-order valence-electron chi connectivity index (χ3n) is 2.56. The first-order chi connectivity index (χ1) is 9.04. The molecule has 0 saturated heterocycles. The van der Waals surface area contributed by atoms with Crippen molar-refractivity contribution in [2.24, 2.45) is 5.92 Å². The molecule has 0 aromatic heterocycles. The Hall–Kier alpha value is -1.95. The van der Waals surface area contributed by atoms with Crippen molar-refractivity contribution >= 4 is 17.5 Å². The molecule has 2 amide bonds. The summed E-state index contributed by atoms with van der Waals surface area (Å²) in [5.74, 6) is -2.28. The normalized spacial score (nSPS) is 11.7. The Balaban J connectivity index is 2.45. The largest absolute Gasteiger partial charge is 0.396 e. The Morgan fingerprint density at radius 1 is 1.32 bits per heavy atom. The van der Waals surface area contributed by atoms with E-state index in [1.165, 1.54) is 18.2 Å². The van der Waals surface area contributed by atoms with E-state index in [2.05, 4.69) is 10.6 Å². The first-order valence-corrected chi connectivity index (χ1v) is 5.99. The Labute approximate surface area is 110 Å². The quantitative estimate of drug-likeness (QED) is 0.694. The molecular formula is C13H17FN2O3. The van der Waals surface area contributed by atoms with Crippen molar-refractivity contribution in [2.75, 3.05) is 18.5 Å². The highest BCUT2D eigenvalue weighted by molar-refractivity contribution is 6.39. The average molecular weight is 268 g/mol. The van der Waals surface area contributed by atoms with Crippen molar-refractivity contribution in [2.45, 2.75) is 13.3 Å². The molecular weight excluding hydrogens is 251 g/mol. The van der Waals surface area contributed by atoms with Gasteiger partial charge in [0.25, 0.3) is 0 Å². The van der Waals surface area contributed by atoms with E-state index in [0.717, 1.165) is 0 Å². The summed E-state index contributed by atoms with van der Waals surface area (Å²) in [6.45, 7) is 2.15. The van der Waals surface area contributed by atoms with Crippen LogP contribution in [0.15, 0.2) is 24.3 Å². The van der Waals surface area contributed by atoms with Gasteiger partial charge in [-0.1, -0.05) is 19.1 Å². The number of halogens is 1. The molecule has 0 heterocycles. The second-order valence-electron chi connectivity index (χ2n) is 4.26. The summed E-state index contributed by atoms with van der Waals surface area (Å²) in [7, 11) is 0. The topological polar surface area (TPSA) is 78.4 Å². The van der Waals surface area contributed by atoms with Crippen LogP contribution in [-0.2, 0) is 9.59 Å². The second kappa shape index (κ2) is 7.48. The van der Waals surface area contributed by atoms with E-state index in [0.29, 0.717) is 6.42 Å². The molecule has 6 heteroatoms. The van der Waals surface area contributed by atoms with Crippen LogP contribution < -0.4 is 10.6 Å². The maximum atomic E-state index is 13.3. The summed E-state index contributed by atoms with van der Waals surface area (Å²) in [6, 6.07) is 5.60. The first-order valence-electron chi connectivity index (χ1n) is 5.99. The average Bonchev–Trinajstić information content (AvgIpc) is 2.39. The zero-order valence-corrected chi connectivity index (χ0v) is 10.6. The van der Waals surface area contributed by atoms with Gasteiger partial charge in [-0.2, -0.15) is 0 Å². The van der Waals surface area contributed by atoms with E-state index in [1.807, 2.05) is 6.92 Å². The predicted octanol–water partition coefficient (Wildman–Crippen LogP) is 0.899. The minimum atomic E-state index is -0.915. The number of para-hydroxylation sites is 1. The van der Waals surface area contributed by atoms with Crippen molar-refractivity contribution in [1.29, 1.82) is 0 Å². The van der Waals surface area contributed by atoms with E-state index in [-0.39, 0.29) is 24.8 Å². The van der Waals surface area contributed by atoms with Crippen molar-refractivity contribution < 1.29 is 19.1 Å². The molecule has 0 radical (unpaired) electrons. The van der Waals surface area contributed by atoms with Crippen LogP contribution in [0.4, 0.5) is 10.1 Å². The smallest absolute Gasteiger partial charge is 0.313 e. The number of rotatable bonds is 5. The molecule has 104 valence electrons. The molecule has 3 N–H and O–H groups in total. The van der Waals surface area contributed by atoms with Crippen LogP contribution in [0, 0.1) is 11.7 Å². The predicted molar refractivity (Wildman–Crippen MR) is 68.9 cm³/mol. The van der Waals surface area contributed by atoms with Gasteiger partial charge in [-0.15, -0.1) is 0 Å². The number of aliphatic hydroxyl groups is 1. The highest BCUT2D eigenvalue weighted by atomic mass is 19.1. The number of amides is 2. The van der Waals surface area contributed by atoms with Gasteiger partial charge in [0.1, 0.15) is 5.82 Å². The number of anilines is 1. The Kier molecular flexibility index (Phi) is 5.95. The fraction of sp³-hybridized carbons (Fsp3) is 0.385. The number of hydrogen-bond acceptors (Lipinski definition) is 3. The molecule has 0 spiro atoms. The van der Waals surface area contributed by atoms with E-state index in [4.69, 9.17) is 5.11 Å². The number of aliphatic hydroxyl groups excluding tert-OH is 1. The minimum Gasteiger partial charge on any atom is -0.396 e. The van der Waals surface area contributed by atoms with Gasteiger partial charge in [-0.25, -0.2) is 4.39 Å². The molecule has 0 fully saturated rings. The van der Waals surface area contributed by atoms with Gasteiger partial charge in [-0.3, -0.25) is 9.59 Å². The summed E-state index contributed by atoms with van der Waals surface area (Å²) >= 11 is 0. The molecule has 0 aliphatic heterocycles. The molecule has 0 bridgehead atoms. The third-order valence-corrected chi connectivity index (χ3v) is 2.56. The monoisotopic (exact) mass is 268 g/mol. The van der Waals surface area contributed by atoms with Gasteiger partial charge in [0.2, 0.25) is 0 Å². The lowest BCUT2D eigenvalue weighted by Crippen LogP contribution is -2.37. The molecule has 0 aliphatic carbocycles. The maximum absolute atomic E-state index is 13.3. The van der Waals surface area contributed by atoms with E-state index in [1.54, 1.807) is 6.07 Å². The summed E-state index contributed by atoms with van der Waals surface area (Å²) in [6.07, 6.45) is 0.537. The van der Waals surface area contributed by atoms with Gasteiger partial charge in [0.15, 0.2) is 0 Å². The maximum Gasteiger partial charge on any atom is 0.313 e. The molecule has 1 aromatic carbocycles. The zero-order chi connectivity index (χ0) is 14.3. The Morgan fingerprint density at radius 3 is 2.63 bits per heavy atom. The summed E-state index contributed by atoms with van der Waals surface area (Å²) in [4.78, 5) is 23.0. The number of carbonyl (C=O) groups is 2. The van der Waals surface area contributed by atoms with E-state index < -0.39 is 17.6 Å². The molecule has 1 unspecified atom stereocenters. The van der Waals surface area contributed by atoms with Crippen LogP contribution in [0.3, 0.4) is 0 Å². The summed E-state index contributed by atoms with van der Waals surface area (Å²) < 4.78 is 13.3. The molecule has 0 saturated carbocycles. The number of benzene rings is 1. The highest BCUT2D eigenvalue weighted by Crippen LogP contribution is 2.11. The third kappa shape index (κ3) is 5.05. The number of nitrogens with one attached hydrogen (secondary N) is 2. The van der Waals surface area contributed by atoms with Gasteiger partial charge < -0.3 is 15.7 Å². The van der Waals surface area contributed by atoms with Gasteiger partial charge >= 0.3 is 11.8 Å². The fourth-order valence-electron chi connectivity index (χ4n) is 1.41. The SMILES string of the molecule is CC(CCO)CNC(=O)C(=O)Nc1ccccc1F. The second-order valence-corrected chi connectivity index (χ2v) is 4.26. The standard InChI is InChI=1S/C13H17FN2O3/c1-9(6-7-17)8-15-12(18)13(19)16-11-5-3-2-4-10(11)14/h2-5,9,17H,6-8H2,1H3,(H,15,18)(H,16,19). The van der Waals surface area contributed by atoms with Crippen molar-refractivity contribution in [3.63, 3.8) is 0 Å². The van der Waals surface area contributed by atoms with E-state index >= 15 is 0 Å². The number of hydrogen-bond donors (Lipinski definition) is 3. The lowest BCUT2D eigenvalue weighted by Gasteiger charge is -2.11. The van der Waals surface area contributed by atoms with Gasteiger partial charge in [0.05, 0.1) is 5.69 Å². The van der Waals surface area contributed by atoms with Crippen molar-refractivity contribution in [3.05, 3.63) is 30.1 Å². The molecule has 19 heavy (non-hydrogen) atoms. The van der Waals surface area contributed by atoms with Crippen LogP contribution in [-0.4, -0.2) is 30.1 Å². The van der Waals surface area contributed by atoms with E-state index in [9.17, 15) is 14.0 Å². The number of carbonyl (C=O) groups excluding carboxylic acids is 2. The fourth-order valence-corrected chi connectivity index (χ4v) is 1.41. The Bertz CT molecular complexity index is 451. The van der Waals surface area contributed by atoms with Crippen molar-refractivity contribution in [1.82, 2.24) is 5.32 Å². The van der Waals surface area contributed by atoms with Crippen LogP contribution >= 0.6 is 0 Å². The molecule has 0 aliphatic rings. The van der Waals surface area contributed by atoms with Gasteiger partial charge in [-0.05, 0) is 24.5 Å². The van der Waals surface area contributed by atoms with Crippen LogP contribution in [0.25, 0.3) is 0 Å². The molecule has 1 aromatic rings. The van der Waals surface area contributed by atoms with Crippen LogP contribution in [0.5, 0.6) is 0 Å². The first kappa shape index (κ1) is 15.1. The lowest BCUT2D eigenvalue weighted by atomic mass is 10.1.